The number of quaternary nitrogens is 1. The second kappa shape index (κ2) is 7.86. The monoisotopic (exact) mass is 355 g/mol. The molecule has 0 amide bonds. The molecule has 0 radical (unpaired) electrons. The second-order valence-corrected chi connectivity index (χ2v) is 6.46. The molecule has 0 saturated carbocycles. The van der Waals surface area contributed by atoms with Crippen LogP contribution in [0.3, 0.4) is 0 Å². The van der Waals surface area contributed by atoms with E-state index in [-0.39, 0.29) is 13.1 Å². The first-order chi connectivity index (χ1) is 10.9. The van der Waals surface area contributed by atoms with E-state index in [4.69, 9.17) is 23.2 Å². The Morgan fingerprint density at radius 3 is 1.57 bits per heavy atom. The van der Waals surface area contributed by atoms with Crippen LogP contribution in [0, 0.1) is 5.21 Å². The molecular weight excluding hydrogens is 337 g/mol. The zero-order valence-corrected chi connectivity index (χ0v) is 14.2. The highest BCUT2D eigenvalue weighted by Crippen LogP contribution is 2.16. The predicted octanol–water partition coefficient (Wildman–Crippen LogP) is 3.05. The summed E-state index contributed by atoms with van der Waals surface area (Å²) in [5, 5.41) is 27.9. The summed E-state index contributed by atoms with van der Waals surface area (Å²) >= 11 is 11.7. The summed E-state index contributed by atoms with van der Waals surface area (Å²) in [4.78, 5) is 0. The molecule has 0 bridgehead atoms. The molecule has 1 atom stereocenters. The zero-order chi connectivity index (χ0) is 16.9. The minimum absolute atomic E-state index is 0.282. The Labute approximate surface area is 145 Å². The minimum atomic E-state index is -0.973. The molecule has 23 heavy (non-hydrogen) atoms. The fourth-order valence-electron chi connectivity index (χ4n) is 1.94. The lowest BCUT2D eigenvalue weighted by Gasteiger charge is -2.35. The van der Waals surface area contributed by atoms with Gasteiger partial charge in [0, 0.05) is 21.4 Å². The van der Waals surface area contributed by atoms with Gasteiger partial charge in [-0.2, -0.15) is 0 Å². The largest absolute Gasteiger partial charge is 0.600 e. The average molecular weight is 356 g/mol. The maximum atomic E-state index is 11.6. The highest BCUT2D eigenvalue weighted by molar-refractivity contribution is 6.30. The average Bonchev–Trinajstić information content (AvgIpc) is 2.53. The van der Waals surface area contributed by atoms with Crippen LogP contribution in [0.2, 0.25) is 10.0 Å². The fourth-order valence-corrected chi connectivity index (χ4v) is 2.20. The van der Waals surface area contributed by atoms with Crippen molar-refractivity contribution in [2.45, 2.75) is 12.5 Å². The van der Waals surface area contributed by atoms with Gasteiger partial charge in [-0.05, 0) is 55.5 Å². The normalized spacial score (nSPS) is 12.7. The highest BCUT2D eigenvalue weighted by atomic mass is 35.5. The van der Waals surface area contributed by atoms with E-state index in [2.05, 4.69) is 10.6 Å². The van der Waals surface area contributed by atoms with Crippen LogP contribution in [0.15, 0.2) is 48.5 Å². The molecule has 0 saturated heterocycles. The van der Waals surface area contributed by atoms with E-state index in [1.807, 2.05) is 24.3 Å². The number of benzene rings is 2. The van der Waals surface area contributed by atoms with Crippen molar-refractivity contribution in [3.63, 3.8) is 0 Å². The molecule has 0 heterocycles. The summed E-state index contributed by atoms with van der Waals surface area (Å²) in [6, 6.07) is 14.3. The smallest absolute Gasteiger partial charge is 0.159 e. The Kier molecular flexibility index (Phi) is 6.10. The van der Waals surface area contributed by atoms with Gasteiger partial charge in [0.15, 0.2) is 5.54 Å². The number of hydroxylamine groups is 2. The molecule has 7 heteroatoms. The standard InChI is InChI=1S/C16H19Cl2N3O2/c1-16(21(22)23,10-19-14-6-2-12(17)3-7-14)11-20-15-8-4-13(18)5-9-15/h2-9,19-22H,10-11H2,1H3. The van der Waals surface area contributed by atoms with E-state index in [1.54, 1.807) is 31.2 Å². The molecule has 2 rings (SSSR count). The fraction of sp³-hybridized carbons (Fsp3) is 0.250. The molecule has 124 valence electrons. The lowest BCUT2D eigenvalue weighted by atomic mass is 10.0. The zero-order valence-electron chi connectivity index (χ0n) is 12.6. The topological polar surface area (TPSA) is 71.8 Å². The molecule has 0 aliphatic rings. The SMILES string of the molecule is CC(CNc1ccc(Cl)cc1)(CNc1ccc(Cl)cc1)[NH+]([O-])O. The van der Waals surface area contributed by atoms with Crippen LogP contribution in [0.4, 0.5) is 11.4 Å². The predicted molar refractivity (Wildman–Crippen MR) is 94.4 cm³/mol. The molecule has 0 fully saturated rings. The lowest BCUT2D eigenvalue weighted by molar-refractivity contribution is -1.08. The number of anilines is 2. The van der Waals surface area contributed by atoms with Gasteiger partial charge >= 0.3 is 0 Å². The summed E-state index contributed by atoms with van der Waals surface area (Å²) in [5.74, 6) is 0. The number of nitrogens with one attached hydrogen (secondary N) is 3. The maximum absolute atomic E-state index is 11.6. The Bertz CT molecular complexity index is 569. The molecule has 5 nitrogen and oxygen atoms in total. The van der Waals surface area contributed by atoms with E-state index in [9.17, 15) is 10.4 Å². The minimum Gasteiger partial charge on any atom is -0.600 e. The van der Waals surface area contributed by atoms with Crippen LogP contribution in [0.25, 0.3) is 0 Å². The van der Waals surface area contributed by atoms with Crippen molar-refractivity contribution in [3.8, 4) is 0 Å². The van der Waals surface area contributed by atoms with Crippen molar-refractivity contribution >= 4 is 34.6 Å². The van der Waals surface area contributed by atoms with Crippen LogP contribution < -0.4 is 15.9 Å². The third-order valence-electron chi connectivity index (χ3n) is 3.57. The van der Waals surface area contributed by atoms with Crippen LogP contribution in [-0.2, 0) is 0 Å². The van der Waals surface area contributed by atoms with Gasteiger partial charge in [0.1, 0.15) is 0 Å². The molecule has 0 aliphatic heterocycles. The number of halogens is 2. The summed E-state index contributed by atoms with van der Waals surface area (Å²) in [6.07, 6.45) is 0. The summed E-state index contributed by atoms with van der Waals surface area (Å²) in [7, 11) is 0. The Hall–Kier alpha value is -1.50. The molecule has 4 N–H and O–H groups in total. The lowest BCUT2D eigenvalue weighted by Crippen LogP contribution is -3.15. The molecule has 0 aromatic heterocycles. The van der Waals surface area contributed by atoms with Gasteiger partial charge in [-0.3, -0.25) is 0 Å². The first kappa shape index (κ1) is 17.8. The van der Waals surface area contributed by atoms with Gasteiger partial charge < -0.3 is 15.8 Å². The summed E-state index contributed by atoms with van der Waals surface area (Å²) in [5.41, 5.74) is 0.681. The van der Waals surface area contributed by atoms with Gasteiger partial charge in [0.05, 0.1) is 13.1 Å². The Balaban J connectivity index is 1.97. The van der Waals surface area contributed by atoms with Crippen molar-refractivity contribution in [1.29, 1.82) is 0 Å². The van der Waals surface area contributed by atoms with Crippen molar-refractivity contribution in [2.75, 3.05) is 23.7 Å². The van der Waals surface area contributed by atoms with Gasteiger partial charge in [-0.1, -0.05) is 23.2 Å². The van der Waals surface area contributed by atoms with Gasteiger partial charge in [-0.15, -0.1) is 0 Å². The maximum Gasteiger partial charge on any atom is 0.159 e. The van der Waals surface area contributed by atoms with Gasteiger partial charge in [-0.25, -0.2) is 10.4 Å². The second-order valence-electron chi connectivity index (χ2n) is 5.59. The molecular formula is C16H19Cl2N3O2. The summed E-state index contributed by atoms with van der Waals surface area (Å²) in [6.45, 7) is 2.26. The van der Waals surface area contributed by atoms with Crippen LogP contribution in [0.1, 0.15) is 6.92 Å². The van der Waals surface area contributed by atoms with Crippen LogP contribution >= 0.6 is 23.2 Å². The molecule has 0 spiro atoms. The van der Waals surface area contributed by atoms with E-state index in [0.29, 0.717) is 10.0 Å². The van der Waals surface area contributed by atoms with E-state index in [1.165, 1.54) is 0 Å². The number of hydrogen-bond donors (Lipinski definition) is 4. The van der Waals surface area contributed by atoms with Crippen LogP contribution in [0.5, 0.6) is 0 Å². The van der Waals surface area contributed by atoms with Gasteiger partial charge in [0.2, 0.25) is 0 Å². The van der Waals surface area contributed by atoms with E-state index >= 15 is 0 Å². The van der Waals surface area contributed by atoms with Crippen LogP contribution in [-0.4, -0.2) is 23.8 Å². The third-order valence-corrected chi connectivity index (χ3v) is 4.07. The first-order valence-corrected chi connectivity index (χ1v) is 7.87. The quantitative estimate of drug-likeness (QED) is 0.576. The van der Waals surface area contributed by atoms with E-state index < -0.39 is 10.8 Å². The first-order valence-electron chi connectivity index (χ1n) is 7.11. The van der Waals surface area contributed by atoms with E-state index in [0.717, 1.165) is 11.4 Å². The highest BCUT2D eigenvalue weighted by Gasteiger charge is 2.31. The molecule has 2 aromatic carbocycles. The van der Waals surface area contributed by atoms with Crippen molar-refractivity contribution in [2.24, 2.45) is 0 Å². The van der Waals surface area contributed by atoms with Crippen molar-refractivity contribution < 1.29 is 10.4 Å². The van der Waals surface area contributed by atoms with Crippen molar-refractivity contribution in [3.05, 3.63) is 63.8 Å². The number of rotatable bonds is 7. The Morgan fingerprint density at radius 1 is 0.913 bits per heavy atom. The third kappa shape index (κ3) is 5.27. The molecule has 2 aromatic rings. The van der Waals surface area contributed by atoms with Gasteiger partial charge in [0.25, 0.3) is 0 Å². The summed E-state index contributed by atoms with van der Waals surface area (Å²) < 4.78 is 0. The Morgan fingerprint density at radius 2 is 1.26 bits per heavy atom. The van der Waals surface area contributed by atoms with Crippen molar-refractivity contribution in [1.82, 2.24) is 0 Å². The molecule has 0 aliphatic carbocycles. The molecule has 1 unspecified atom stereocenters. The number of hydrogen-bond acceptors (Lipinski definition) is 4.